The number of aromatic nitrogens is 2. The number of benzene rings is 1. The summed E-state index contributed by atoms with van der Waals surface area (Å²) in [6.45, 7) is 4.72. The Bertz CT molecular complexity index is 949. The second-order valence-electron chi connectivity index (χ2n) is 5.74. The van der Waals surface area contributed by atoms with Gasteiger partial charge in [0.05, 0.1) is 10.6 Å². The van der Waals surface area contributed by atoms with Crippen molar-refractivity contribution in [3.63, 3.8) is 0 Å². The van der Waals surface area contributed by atoms with Gasteiger partial charge in [0.1, 0.15) is 4.83 Å². The molecule has 1 aromatic carbocycles. The van der Waals surface area contributed by atoms with E-state index in [-0.39, 0.29) is 15.6 Å². The van der Waals surface area contributed by atoms with E-state index >= 15 is 0 Å². The predicted molar refractivity (Wildman–Crippen MR) is 101 cm³/mol. The third kappa shape index (κ3) is 2.47. The third-order valence-electron chi connectivity index (χ3n) is 4.30. The molecule has 1 aliphatic heterocycles. The van der Waals surface area contributed by atoms with Crippen molar-refractivity contribution in [1.82, 2.24) is 9.55 Å². The number of hydrogen-bond acceptors (Lipinski definition) is 4. The van der Waals surface area contributed by atoms with Crippen molar-refractivity contribution in [2.45, 2.75) is 35.6 Å². The number of fused-ring (bicyclic) bond motifs is 2. The highest BCUT2D eigenvalue weighted by atomic mass is 79.9. The molecule has 0 saturated carbocycles. The molecule has 0 unspecified atom stereocenters. The standard InChI is InChI=1S/C17H15BrN2OS2/c1-9-10(2)22-15-13(9)16(21)20-8-12(18)14(23-17(20)19-15)11-6-4-3-5-7-11/h3-7,12,14H,8H2,1-2H3/t12-,14+/m0/s1. The molecule has 3 nitrogen and oxygen atoms in total. The second-order valence-corrected chi connectivity index (χ2v) is 9.23. The molecule has 0 fully saturated rings. The highest BCUT2D eigenvalue weighted by Gasteiger charge is 2.31. The summed E-state index contributed by atoms with van der Waals surface area (Å²) >= 11 is 7.07. The molecule has 118 valence electrons. The molecule has 2 aromatic heterocycles. The predicted octanol–water partition coefficient (Wildman–Crippen LogP) is 4.69. The lowest BCUT2D eigenvalue weighted by molar-refractivity contribution is 0.553. The summed E-state index contributed by atoms with van der Waals surface area (Å²) in [7, 11) is 0. The highest BCUT2D eigenvalue weighted by molar-refractivity contribution is 9.09. The van der Waals surface area contributed by atoms with Crippen LogP contribution in [0.5, 0.6) is 0 Å². The molecule has 6 heteroatoms. The Morgan fingerprint density at radius 2 is 2.00 bits per heavy atom. The van der Waals surface area contributed by atoms with Crippen molar-refractivity contribution in [1.29, 1.82) is 0 Å². The normalized spacial score (nSPS) is 20.7. The van der Waals surface area contributed by atoms with E-state index in [1.807, 2.05) is 17.6 Å². The molecule has 0 aliphatic carbocycles. The van der Waals surface area contributed by atoms with Crippen LogP contribution in [-0.2, 0) is 6.54 Å². The summed E-state index contributed by atoms with van der Waals surface area (Å²) in [5.74, 6) is 0. The lowest BCUT2D eigenvalue weighted by Gasteiger charge is -2.29. The Morgan fingerprint density at radius 3 is 2.74 bits per heavy atom. The number of aryl methyl sites for hydroxylation is 2. The van der Waals surface area contributed by atoms with Crippen LogP contribution in [0.2, 0.25) is 0 Å². The Hall–Kier alpha value is -1.11. The lowest BCUT2D eigenvalue weighted by Crippen LogP contribution is -2.32. The molecule has 4 rings (SSSR count). The average molecular weight is 407 g/mol. The van der Waals surface area contributed by atoms with E-state index in [1.165, 1.54) is 10.4 Å². The summed E-state index contributed by atoms with van der Waals surface area (Å²) < 4.78 is 1.82. The summed E-state index contributed by atoms with van der Waals surface area (Å²) in [5.41, 5.74) is 2.42. The van der Waals surface area contributed by atoms with Crippen LogP contribution in [-0.4, -0.2) is 14.4 Å². The molecule has 0 spiro atoms. The van der Waals surface area contributed by atoms with Gasteiger partial charge in [-0.3, -0.25) is 9.36 Å². The van der Waals surface area contributed by atoms with Gasteiger partial charge in [0.15, 0.2) is 5.16 Å². The van der Waals surface area contributed by atoms with E-state index in [0.29, 0.717) is 6.54 Å². The fraction of sp³-hybridized carbons (Fsp3) is 0.294. The highest BCUT2D eigenvalue weighted by Crippen LogP contribution is 2.44. The molecular weight excluding hydrogens is 392 g/mol. The van der Waals surface area contributed by atoms with Crippen molar-refractivity contribution in [3.05, 3.63) is 56.7 Å². The molecule has 0 bridgehead atoms. The molecule has 2 atom stereocenters. The van der Waals surface area contributed by atoms with Gasteiger partial charge in [-0.25, -0.2) is 4.98 Å². The zero-order valence-corrected chi connectivity index (χ0v) is 16.0. The fourth-order valence-corrected chi connectivity index (χ4v) is 6.12. The summed E-state index contributed by atoms with van der Waals surface area (Å²) in [4.78, 5) is 19.9. The largest absolute Gasteiger partial charge is 0.286 e. The first-order chi connectivity index (χ1) is 11.1. The maximum atomic E-state index is 12.9. The van der Waals surface area contributed by atoms with Gasteiger partial charge in [-0.2, -0.15) is 0 Å². The Labute approximate surface area is 150 Å². The Balaban J connectivity index is 1.87. The monoisotopic (exact) mass is 406 g/mol. The van der Waals surface area contributed by atoms with E-state index in [1.54, 1.807) is 23.1 Å². The van der Waals surface area contributed by atoms with Gasteiger partial charge in [0.25, 0.3) is 5.56 Å². The lowest BCUT2D eigenvalue weighted by atomic mass is 10.1. The van der Waals surface area contributed by atoms with Crippen LogP contribution in [0.4, 0.5) is 0 Å². The van der Waals surface area contributed by atoms with Gasteiger partial charge in [-0.15, -0.1) is 11.3 Å². The molecule has 0 amide bonds. The van der Waals surface area contributed by atoms with Gasteiger partial charge >= 0.3 is 0 Å². The summed E-state index contributed by atoms with van der Waals surface area (Å²) in [6.07, 6.45) is 0. The molecule has 0 radical (unpaired) electrons. The number of alkyl halides is 1. The molecule has 23 heavy (non-hydrogen) atoms. The molecule has 0 N–H and O–H groups in total. The average Bonchev–Trinajstić information content (AvgIpc) is 2.83. The van der Waals surface area contributed by atoms with Gasteiger partial charge in [0.2, 0.25) is 0 Å². The minimum Gasteiger partial charge on any atom is -0.286 e. The van der Waals surface area contributed by atoms with Crippen molar-refractivity contribution in [2.75, 3.05) is 0 Å². The van der Waals surface area contributed by atoms with Gasteiger partial charge < -0.3 is 0 Å². The quantitative estimate of drug-likeness (QED) is 0.434. The number of rotatable bonds is 1. The van der Waals surface area contributed by atoms with E-state index in [0.717, 1.165) is 20.9 Å². The van der Waals surface area contributed by atoms with Gasteiger partial charge in [-0.05, 0) is 25.0 Å². The molecule has 3 aromatic rings. The van der Waals surface area contributed by atoms with Crippen LogP contribution >= 0.6 is 39.0 Å². The minimum absolute atomic E-state index is 0.0929. The van der Waals surface area contributed by atoms with Crippen molar-refractivity contribution >= 4 is 49.2 Å². The number of hydrogen-bond donors (Lipinski definition) is 0. The fourth-order valence-electron chi connectivity index (χ4n) is 2.94. The Kier molecular flexibility index (Phi) is 3.86. The second kappa shape index (κ2) is 5.76. The van der Waals surface area contributed by atoms with Crippen LogP contribution in [0.15, 0.2) is 40.3 Å². The SMILES string of the molecule is Cc1sc2nc3n(c(=O)c2c1C)C[C@H](Br)[C@@H](c1ccccc1)S3. The molecule has 0 saturated heterocycles. The summed E-state index contributed by atoms with van der Waals surface area (Å²) in [5, 5.41) is 1.88. The first-order valence-corrected chi connectivity index (χ1v) is 10.0. The zero-order chi connectivity index (χ0) is 16.1. The number of nitrogens with zero attached hydrogens (tertiary/aromatic N) is 2. The van der Waals surface area contributed by atoms with Crippen LogP contribution in [0, 0.1) is 13.8 Å². The van der Waals surface area contributed by atoms with Crippen molar-refractivity contribution in [3.8, 4) is 0 Å². The molecular formula is C17H15BrN2OS2. The topological polar surface area (TPSA) is 34.9 Å². The first-order valence-electron chi connectivity index (χ1n) is 7.42. The molecule has 1 aliphatic rings. The number of thioether (sulfide) groups is 1. The zero-order valence-electron chi connectivity index (χ0n) is 12.7. The minimum atomic E-state index is 0.0929. The van der Waals surface area contributed by atoms with Crippen LogP contribution in [0.25, 0.3) is 10.2 Å². The van der Waals surface area contributed by atoms with Crippen molar-refractivity contribution in [2.24, 2.45) is 0 Å². The first kappa shape index (κ1) is 15.4. The van der Waals surface area contributed by atoms with E-state index in [4.69, 9.17) is 4.98 Å². The van der Waals surface area contributed by atoms with Crippen molar-refractivity contribution < 1.29 is 0 Å². The number of halogens is 1. The van der Waals surface area contributed by atoms with E-state index < -0.39 is 0 Å². The molecule has 3 heterocycles. The number of thiophene rings is 1. The Morgan fingerprint density at radius 1 is 1.26 bits per heavy atom. The smallest absolute Gasteiger partial charge is 0.263 e. The van der Waals surface area contributed by atoms with Crippen LogP contribution < -0.4 is 5.56 Å². The summed E-state index contributed by atoms with van der Waals surface area (Å²) in [6, 6.07) is 10.4. The van der Waals surface area contributed by atoms with Crippen LogP contribution in [0.3, 0.4) is 0 Å². The maximum absolute atomic E-state index is 12.9. The van der Waals surface area contributed by atoms with E-state index in [9.17, 15) is 4.79 Å². The van der Waals surface area contributed by atoms with Gasteiger partial charge in [-0.1, -0.05) is 58.0 Å². The third-order valence-corrected chi connectivity index (χ3v) is 7.95. The maximum Gasteiger partial charge on any atom is 0.263 e. The van der Waals surface area contributed by atoms with E-state index in [2.05, 4.69) is 47.1 Å². The van der Waals surface area contributed by atoms with Crippen LogP contribution in [0.1, 0.15) is 21.3 Å². The van der Waals surface area contributed by atoms with Gasteiger partial charge in [0, 0.05) is 16.2 Å².